The van der Waals surface area contributed by atoms with Gasteiger partial charge in [-0.15, -0.1) is 0 Å². The Labute approximate surface area is 211 Å². The Bertz CT molecular complexity index is 1310. The number of fused-ring (bicyclic) bond motifs is 4. The third kappa shape index (κ3) is 2.03. The molecular weight excluding hydrogens is 512 g/mol. The Morgan fingerprint density at radius 2 is 1.78 bits per heavy atom. The molecule has 8 rings (SSSR count). The van der Waals surface area contributed by atoms with E-state index >= 15 is 0 Å². The van der Waals surface area contributed by atoms with Gasteiger partial charge in [-0.1, -0.05) is 18.2 Å². The second-order valence-corrected chi connectivity index (χ2v) is 13.5. The minimum Gasteiger partial charge on any atom is -0.396 e. The highest BCUT2D eigenvalue weighted by molar-refractivity contribution is 7.86. The Balaban J connectivity index is 1.07. The molecule has 3 aliphatic heterocycles. The summed E-state index contributed by atoms with van der Waals surface area (Å²) in [4.78, 5) is -0.0812. The zero-order valence-electron chi connectivity index (χ0n) is 19.8. The number of benzene rings is 1. The molecule has 4 aliphatic carbocycles. The van der Waals surface area contributed by atoms with Gasteiger partial charge in [0, 0.05) is 23.4 Å². The van der Waals surface area contributed by atoms with Gasteiger partial charge in [0.25, 0.3) is 10.1 Å². The molecule has 12 nitrogen and oxygen atoms in total. The highest BCUT2D eigenvalue weighted by Crippen LogP contribution is 3.11. The van der Waals surface area contributed by atoms with Crippen LogP contribution in [-0.4, -0.2) is 101 Å². The van der Waals surface area contributed by atoms with E-state index in [1.807, 2.05) is 6.92 Å². The minimum atomic E-state index is -4.17. The smallest absolute Gasteiger partial charge is 0.297 e. The summed E-state index contributed by atoms with van der Waals surface area (Å²) in [6, 6.07) is 7.45. The van der Waals surface area contributed by atoms with Gasteiger partial charge in [0.2, 0.25) is 0 Å². The molecule has 2 spiro atoms. The standard InChI is InChI=1S/C24H28O12S/c1-19-8-21-18(35-19)36-24(21,29)17-20(10-25)9-22(19,23(17,20)21)34-16-15(28)14(27)13(26)12(33-16)7-32-37(30,31)11-5-3-2-4-6-11/h2-6,12-18,25-29H,7-10H2,1H3/t12?,13-,14+,15+,16+,17-,18+,19+,20?,21?,22-,23?,24+/m1/s1. The molecule has 202 valence electrons. The number of aliphatic hydroxyl groups excluding tert-OH is 4. The number of hydrogen-bond acceptors (Lipinski definition) is 12. The lowest BCUT2D eigenvalue weighted by atomic mass is 9.45. The van der Waals surface area contributed by atoms with Crippen molar-refractivity contribution in [1.82, 2.24) is 0 Å². The van der Waals surface area contributed by atoms with E-state index in [0.717, 1.165) is 0 Å². The summed E-state index contributed by atoms with van der Waals surface area (Å²) in [6.45, 7) is 1.06. The molecule has 0 amide bonds. The quantitative estimate of drug-likeness (QED) is 0.245. The fourth-order valence-electron chi connectivity index (χ4n) is 9.69. The lowest BCUT2D eigenvalue weighted by molar-refractivity contribution is -0.557. The van der Waals surface area contributed by atoms with Gasteiger partial charge in [-0.3, -0.25) is 4.18 Å². The molecule has 2 bridgehead atoms. The predicted molar refractivity (Wildman–Crippen MR) is 116 cm³/mol. The van der Waals surface area contributed by atoms with Crippen LogP contribution in [0.2, 0.25) is 0 Å². The van der Waals surface area contributed by atoms with Crippen molar-refractivity contribution in [1.29, 1.82) is 0 Å². The van der Waals surface area contributed by atoms with Crippen molar-refractivity contribution in [3.8, 4) is 0 Å². The SMILES string of the molecule is C[C@]12CC34[C@H](O[C@@]3(O)[C@@H]3C5(CO)C[C@]1(O[C@@H]1OC(COS(=O)(=O)c6ccccc6)[C@@H](O)[C@H](O)[C@@H]1O)C354)O2. The first-order valence-electron chi connectivity index (χ1n) is 12.4. The first-order chi connectivity index (χ1) is 17.4. The molecule has 1 aromatic carbocycles. The van der Waals surface area contributed by atoms with Crippen LogP contribution in [0.4, 0.5) is 0 Å². The van der Waals surface area contributed by atoms with Crippen LogP contribution in [0.3, 0.4) is 0 Å². The minimum absolute atomic E-state index is 0.0812. The fraction of sp³-hybridized carbons (Fsp3) is 0.750. The average Bonchev–Trinajstić information content (AvgIpc) is 3.07. The van der Waals surface area contributed by atoms with Crippen molar-refractivity contribution >= 4 is 10.1 Å². The van der Waals surface area contributed by atoms with Crippen molar-refractivity contribution < 1.29 is 57.1 Å². The summed E-state index contributed by atoms with van der Waals surface area (Å²) in [7, 11) is -4.17. The first kappa shape index (κ1) is 23.6. The van der Waals surface area contributed by atoms with Crippen molar-refractivity contribution in [2.45, 2.75) is 78.6 Å². The monoisotopic (exact) mass is 540 g/mol. The maximum atomic E-state index is 12.6. The maximum Gasteiger partial charge on any atom is 0.297 e. The Kier molecular flexibility index (Phi) is 4.08. The lowest BCUT2D eigenvalue weighted by Crippen LogP contribution is -2.86. The van der Waals surface area contributed by atoms with Crippen LogP contribution in [-0.2, 0) is 33.2 Å². The number of rotatable bonds is 7. The highest BCUT2D eigenvalue weighted by Gasteiger charge is 3.21. The molecule has 3 heterocycles. The van der Waals surface area contributed by atoms with Crippen molar-refractivity contribution in [2.24, 2.45) is 22.2 Å². The van der Waals surface area contributed by atoms with E-state index in [0.29, 0.717) is 12.8 Å². The largest absolute Gasteiger partial charge is 0.396 e. The lowest BCUT2D eigenvalue weighted by Gasteiger charge is -2.73. The van der Waals surface area contributed by atoms with Gasteiger partial charge < -0.3 is 44.5 Å². The van der Waals surface area contributed by atoms with E-state index in [4.69, 9.17) is 23.1 Å². The molecule has 13 atom stereocenters. The molecule has 0 aromatic heterocycles. The molecule has 5 N–H and O–H groups in total. The van der Waals surface area contributed by atoms with Gasteiger partial charge in [-0.05, 0) is 31.9 Å². The van der Waals surface area contributed by atoms with E-state index in [2.05, 4.69) is 0 Å². The normalized spacial score (nSPS) is 59.6. The molecule has 4 unspecified atom stereocenters. The predicted octanol–water partition coefficient (Wildman–Crippen LogP) is -1.81. The van der Waals surface area contributed by atoms with Crippen molar-refractivity contribution in [3.05, 3.63) is 30.3 Å². The van der Waals surface area contributed by atoms with Crippen LogP contribution in [0.5, 0.6) is 0 Å². The zero-order chi connectivity index (χ0) is 26.0. The summed E-state index contributed by atoms with van der Waals surface area (Å²) >= 11 is 0. The summed E-state index contributed by atoms with van der Waals surface area (Å²) < 4.78 is 54.5. The first-order valence-corrected chi connectivity index (χ1v) is 13.8. The number of ether oxygens (including phenoxy) is 4. The Hall–Kier alpha value is -1.23. The maximum absolute atomic E-state index is 12.6. The molecule has 7 aliphatic rings. The van der Waals surface area contributed by atoms with Gasteiger partial charge in [0.15, 0.2) is 18.4 Å². The topological polar surface area (TPSA) is 181 Å². The van der Waals surface area contributed by atoms with Crippen LogP contribution in [0.15, 0.2) is 35.2 Å². The number of aliphatic hydroxyl groups is 5. The van der Waals surface area contributed by atoms with Gasteiger partial charge in [-0.25, -0.2) is 0 Å². The molecule has 0 radical (unpaired) electrons. The molecule has 4 saturated carbocycles. The molecule has 13 heteroatoms. The molecule has 37 heavy (non-hydrogen) atoms. The van der Waals surface area contributed by atoms with Gasteiger partial charge in [0.05, 0.1) is 22.5 Å². The Morgan fingerprint density at radius 1 is 1.05 bits per heavy atom. The summed E-state index contributed by atoms with van der Waals surface area (Å²) in [5, 5.41) is 53.5. The van der Waals surface area contributed by atoms with Gasteiger partial charge in [0.1, 0.15) is 30.0 Å². The van der Waals surface area contributed by atoms with Crippen LogP contribution < -0.4 is 0 Å². The molecule has 1 aromatic rings. The van der Waals surface area contributed by atoms with E-state index in [1.165, 1.54) is 24.3 Å². The fourth-order valence-corrected chi connectivity index (χ4v) is 10.6. The summed E-state index contributed by atoms with van der Waals surface area (Å²) in [5.74, 6) is -1.75. The third-order valence-electron chi connectivity index (χ3n) is 10.8. The average molecular weight is 541 g/mol. The number of hydrogen-bond donors (Lipinski definition) is 5. The molecular formula is C24H28O12S. The second-order valence-electron chi connectivity index (χ2n) is 11.9. The zero-order valence-corrected chi connectivity index (χ0v) is 20.6. The van der Waals surface area contributed by atoms with Crippen LogP contribution in [0.25, 0.3) is 0 Å². The summed E-state index contributed by atoms with van der Waals surface area (Å²) in [6.07, 6.45) is -7.65. The van der Waals surface area contributed by atoms with Gasteiger partial charge >= 0.3 is 0 Å². The van der Waals surface area contributed by atoms with Crippen LogP contribution in [0, 0.1) is 22.2 Å². The molecule has 3 saturated heterocycles. The van der Waals surface area contributed by atoms with Gasteiger partial charge in [-0.2, -0.15) is 8.42 Å². The highest BCUT2D eigenvalue weighted by atomic mass is 32.2. The molecule has 7 fully saturated rings. The van der Waals surface area contributed by atoms with E-state index in [9.17, 15) is 34.0 Å². The van der Waals surface area contributed by atoms with E-state index in [1.54, 1.807) is 6.07 Å². The van der Waals surface area contributed by atoms with Crippen LogP contribution >= 0.6 is 0 Å². The van der Waals surface area contributed by atoms with Crippen molar-refractivity contribution in [3.63, 3.8) is 0 Å². The van der Waals surface area contributed by atoms with E-state index < -0.39 is 87.0 Å². The van der Waals surface area contributed by atoms with Crippen molar-refractivity contribution in [2.75, 3.05) is 13.2 Å². The van der Waals surface area contributed by atoms with Crippen LogP contribution in [0.1, 0.15) is 19.8 Å². The third-order valence-corrected chi connectivity index (χ3v) is 12.1. The Morgan fingerprint density at radius 3 is 2.49 bits per heavy atom. The van der Waals surface area contributed by atoms with E-state index in [-0.39, 0.29) is 17.4 Å². The summed E-state index contributed by atoms with van der Waals surface area (Å²) in [5.41, 5.74) is -3.92. The second kappa shape index (κ2) is 6.39.